The topological polar surface area (TPSA) is 64.0 Å². The molecule has 0 saturated carbocycles. The zero-order valence-electron chi connectivity index (χ0n) is 16.3. The number of nitrogens with zero attached hydrogens (tertiary/aromatic N) is 2. The van der Waals surface area contributed by atoms with Crippen molar-refractivity contribution in [1.29, 1.82) is 0 Å². The number of fused-ring (bicyclic) bond motifs is 1. The lowest BCUT2D eigenvalue weighted by atomic mass is 9.99. The minimum atomic E-state index is -0.164. The lowest BCUT2D eigenvalue weighted by Crippen LogP contribution is -2.32. The average molecular weight is 384 g/mol. The van der Waals surface area contributed by atoms with Gasteiger partial charge >= 0.3 is 0 Å². The van der Waals surface area contributed by atoms with Crippen molar-refractivity contribution in [3.8, 4) is 11.1 Å². The van der Waals surface area contributed by atoms with Crippen molar-refractivity contribution >= 4 is 27.5 Å². The number of carbonyl (C=O) groups excluding carboxylic acids is 1. The van der Waals surface area contributed by atoms with Crippen LogP contribution in [0.3, 0.4) is 0 Å². The van der Waals surface area contributed by atoms with Gasteiger partial charge in [0.25, 0.3) is 5.56 Å². The standard InChI is InChI=1S/C21H25N3O2S/c1-5-6-9-22-17(25)11-24-12-23-20-19(21(24)26)18(15(4)27-20)16-8-7-13(2)14(3)10-16/h7-8,10,12H,5-6,9,11H2,1-4H3,(H,22,25). The van der Waals surface area contributed by atoms with Gasteiger partial charge in [0.1, 0.15) is 11.4 Å². The predicted molar refractivity (Wildman–Crippen MR) is 111 cm³/mol. The summed E-state index contributed by atoms with van der Waals surface area (Å²) in [5.74, 6) is -0.161. The Bertz CT molecular complexity index is 1050. The number of aromatic nitrogens is 2. The van der Waals surface area contributed by atoms with Crippen LogP contribution in [0, 0.1) is 20.8 Å². The van der Waals surface area contributed by atoms with E-state index in [0.29, 0.717) is 16.8 Å². The van der Waals surface area contributed by atoms with E-state index < -0.39 is 0 Å². The first-order valence-electron chi connectivity index (χ1n) is 9.25. The monoisotopic (exact) mass is 383 g/mol. The highest BCUT2D eigenvalue weighted by Crippen LogP contribution is 2.36. The second-order valence-electron chi connectivity index (χ2n) is 6.89. The summed E-state index contributed by atoms with van der Waals surface area (Å²) in [7, 11) is 0. The second kappa shape index (κ2) is 8.05. The van der Waals surface area contributed by atoms with Gasteiger partial charge in [0.05, 0.1) is 11.7 Å². The number of amides is 1. The molecule has 1 amide bonds. The van der Waals surface area contributed by atoms with E-state index in [1.165, 1.54) is 33.4 Å². The largest absolute Gasteiger partial charge is 0.355 e. The molecular formula is C21H25N3O2S. The van der Waals surface area contributed by atoms with Gasteiger partial charge in [-0.1, -0.05) is 31.5 Å². The number of carbonyl (C=O) groups is 1. The van der Waals surface area contributed by atoms with Gasteiger partial charge in [-0.2, -0.15) is 0 Å². The maximum atomic E-state index is 13.1. The molecule has 0 fully saturated rings. The molecule has 27 heavy (non-hydrogen) atoms. The van der Waals surface area contributed by atoms with Gasteiger partial charge in [-0.05, 0) is 43.9 Å². The predicted octanol–water partition coefficient (Wildman–Crippen LogP) is 3.97. The van der Waals surface area contributed by atoms with Crippen molar-refractivity contribution in [3.05, 3.63) is 50.9 Å². The van der Waals surface area contributed by atoms with Crippen LogP contribution in [0.5, 0.6) is 0 Å². The van der Waals surface area contributed by atoms with Crippen LogP contribution in [0.1, 0.15) is 35.8 Å². The van der Waals surface area contributed by atoms with E-state index in [2.05, 4.69) is 43.2 Å². The fraction of sp³-hybridized carbons (Fsp3) is 0.381. The summed E-state index contributed by atoms with van der Waals surface area (Å²) < 4.78 is 1.40. The van der Waals surface area contributed by atoms with E-state index in [1.54, 1.807) is 0 Å². The van der Waals surface area contributed by atoms with Gasteiger partial charge in [-0.25, -0.2) is 4.98 Å². The fourth-order valence-corrected chi connectivity index (χ4v) is 4.11. The van der Waals surface area contributed by atoms with E-state index in [4.69, 9.17) is 0 Å². The minimum Gasteiger partial charge on any atom is -0.355 e. The molecule has 0 aliphatic heterocycles. The number of thiophene rings is 1. The fourth-order valence-electron chi connectivity index (χ4n) is 3.11. The summed E-state index contributed by atoms with van der Waals surface area (Å²) in [5.41, 5.74) is 4.19. The number of rotatable bonds is 6. The normalized spacial score (nSPS) is 11.1. The van der Waals surface area contributed by atoms with Crippen LogP contribution in [0.2, 0.25) is 0 Å². The van der Waals surface area contributed by atoms with E-state index in [-0.39, 0.29) is 18.0 Å². The van der Waals surface area contributed by atoms with E-state index in [9.17, 15) is 9.59 Å². The number of hydrogen-bond donors (Lipinski definition) is 1. The Morgan fingerprint density at radius 2 is 2.00 bits per heavy atom. The van der Waals surface area contributed by atoms with Gasteiger partial charge in [0, 0.05) is 17.0 Å². The van der Waals surface area contributed by atoms with Gasteiger partial charge in [0.2, 0.25) is 5.91 Å². The lowest BCUT2D eigenvalue weighted by molar-refractivity contribution is -0.121. The Kier molecular flexibility index (Phi) is 5.75. The van der Waals surface area contributed by atoms with Crippen molar-refractivity contribution in [2.75, 3.05) is 6.54 Å². The Morgan fingerprint density at radius 3 is 2.70 bits per heavy atom. The molecule has 1 aromatic carbocycles. The molecule has 0 spiro atoms. The first kappa shape index (κ1) is 19.3. The number of hydrogen-bond acceptors (Lipinski definition) is 4. The smallest absolute Gasteiger partial charge is 0.263 e. The first-order valence-corrected chi connectivity index (χ1v) is 10.1. The molecule has 0 bridgehead atoms. The molecule has 0 aliphatic rings. The molecule has 3 aromatic rings. The molecule has 0 radical (unpaired) electrons. The van der Waals surface area contributed by atoms with Gasteiger partial charge in [0.15, 0.2) is 0 Å². The van der Waals surface area contributed by atoms with Crippen LogP contribution in [0.25, 0.3) is 21.3 Å². The van der Waals surface area contributed by atoms with Crippen molar-refractivity contribution in [1.82, 2.24) is 14.9 Å². The SMILES string of the molecule is CCCCNC(=O)Cn1cnc2sc(C)c(-c3ccc(C)c(C)c3)c2c1=O. The highest BCUT2D eigenvalue weighted by Gasteiger charge is 2.18. The molecule has 0 atom stereocenters. The van der Waals surface area contributed by atoms with Crippen molar-refractivity contribution in [3.63, 3.8) is 0 Å². The summed E-state index contributed by atoms with van der Waals surface area (Å²) in [6.07, 6.45) is 3.42. The van der Waals surface area contributed by atoms with Crippen molar-refractivity contribution in [2.24, 2.45) is 0 Å². The van der Waals surface area contributed by atoms with Crippen LogP contribution in [-0.4, -0.2) is 22.0 Å². The van der Waals surface area contributed by atoms with Gasteiger partial charge < -0.3 is 5.32 Å². The van der Waals surface area contributed by atoms with E-state index >= 15 is 0 Å². The number of benzene rings is 1. The molecule has 2 aromatic heterocycles. The first-order chi connectivity index (χ1) is 12.9. The van der Waals surface area contributed by atoms with Crippen LogP contribution in [0.15, 0.2) is 29.3 Å². The van der Waals surface area contributed by atoms with Crippen LogP contribution in [0.4, 0.5) is 0 Å². The quantitative estimate of drug-likeness (QED) is 0.655. The number of nitrogens with one attached hydrogen (secondary N) is 1. The Morgan fingerprint density at radius 1 is 1.22 bits per heavy atom. The highest BCUT2D eigenvalue weighted by atomic mass is 32.1. The molecule has 0 aliphatic carbocycles. The van der Waals surface area contributed by atoms with E-state index in [0.717, 1.165) is 28.8 Å². The highest BCUT2D eigenvalue weighted by molar-refractivity contribution is 7.19. The average Bonchev–Trinajstić information content (AvgIpc) is 2.97. The summed E-state index contributed by atoms with van der Waals surface area (Å²) in [6, 6.07) is 6.23. The maximum Gasteiger partial charge on any atom is 0.263 e. The molecule has 6 heteroatoms. The zero-order valence-corrected chi connectivity index (χ0v) is 17.1. The molecule has 1 N–H and O–H groups in total. The molecule has 2 heterocycles. The Balaban J connectivity index is 2.03. The second-order valence-corrected chi connectivity index (χ2v) is 8.10. The summed E-state index contributed by atoms with van der Waals surface area (Å²) in [6.45, 7) is 8.85. The third kappa shape index (κ3) is 3.95. The molecular weight excluding hydrogens is 358 g/mol. The Hall–Kier alpha value is -2.47. The molecule has 3 rings (SSSR count). The van der Waals surface area contributed by atoms with Crippen molar-refractivity contribution in [2.45, 2.75) is 47.1 Å². The summed E-state index contributed by atoms with van der Waals surface area (Å²) in [4.78, 5) is 31.4. The van der Waals surface area contributed by atoms with Crippen LogP contribution in [-0.2, 0) is 11.3 Å². The molecule has 0 unspecified atom stereocenters. The molecule has 5 nitrogen and oxygen atoms in total. The van der Waals surface area contributed by atoms with Gasteiger partial charge in [-0.3, -0.25) is 14.2 Å². The number of unbranched alkanes of at least 4 members (excludes halogenated alkanes) is 1. The third-order valence-electron chi connectivity index (χ3n) is 4.82. The minimum absolute atomic E-state index is 0.00719. The zero-order chi connectivity index (χ0) is 19.6. The third-order valence-corrected chi connectivity index (χ3v) is 5.83. The molecule has 0 saturated heterocycles. The van der Waals surface area contributed by atoms with Crippen molar-refractivity contribution < 1.29 is 4.79 Å². The maximum absolute atomic E-state index is 13.1. The lowest BCUT2D eigenvalue weighted by Gasteiger charge is -2.08. The van der Waals surface area contributed by atoms with E-state index in [1.807, 2.05) is 13.0 Å². The van der Waals surface area contributed by atoms with Crippen LogP contribution >= 0.6 is 11.3 Å². The Labute approximate surface area is 163 Å². The van der Waals surface area contributed by atoms with Crippen LogP contribution < -0.4 is 10.9 Å². The summed E-state index contributed by atoms with van der Waals surface area (Å²) in [5, 5.41) is 3.45. The van der Waals surface area contributed by atoms with Gasteiger partial charge in [-0.15, -0.1) is 11.3 Å². The molecule has 142 valence electrons. The number of aryl methyl sites for hydroxylation is 3. The summed E-state index contributed by atoms with van der Waals surface area (Å²) >= 11 is 1.52.